The van der Waals surface area contributed by atoms with E-state index in [-0.39, 0.29) is 6.04 Å². The molecule has 0 spiro atoms. The second-order valence-electron chi connectivity index (χ2n) is 4.24. The molecule has 0 heterocycles. The smallest absolute Gasteiger partial charge is 0.119 e. The summed E-state index contributed by atoms with van der Waals surface area (Å²) >= 11 is 0. The highest BCUT2D eigenvalue weighted by molar-refractivity contribution is 5.31. The summed E-state index contributed by atoms with van der Waals surface area (Å²) in [6.45, 7) is 0.590. The lowest BCUT2D eigenvalue weighted by molar-refractivity contribution is 0.272. The van der Waals surface area contributed by atoms with Crippen LogP contribution in [0.1, 0.15) is 11.6 Å². The molecule has 0 radical (unpaired) electrons. The third kappa shape index (κ3) is 3.73. The van der Waals surface area contributed by atoms with Gasteiger partial charge in [-0.1, -0.05) is 30.3 Å². The first-order chi connectivity index (χ1) is 9.33. The predicted molar refractivity (Wildman–Crippen MR) is 76.7 cm³/mol. The summed E-state index contributed by atoms with van der Waals surface area (Å²) in [7, 11) is 3.59. The Balaban J connectivity index is 1.96. The maximum absolute atomic E-state index is 5.79. The standard InChI is InChI=1S/C16H19NO2/c1-17-16(13-6-4-3-5-7-13)12-19-15-10-8-14(18-2)9-11-15/h3-11,16-17H,12H2,1-2H3. The molecule has 3 nitrogen and oxygen atoms in total. The van der Waals surface area contributed by atoms with Crippen molar-refractivity contribution in [3.8, 4) is 11.5 Å². The fourth-order valence-electron chi connectivity index (χ4n) is 1.88. The van der Waals surface area contributed by atoms with E-state index in [9.17, 15) is 0 Å². The molecular weight excluding hydrogens is 238 g/mol. The van der Waals surface area contributed by atoms with Crippen molar-refractivity contribution in [3.05, 3.63) is 60.2 Å². The fraction of sp³-hybridized carbons (Fsp3) is 0.250. The Morgan fingerprint density at radius 1 is 0.947 bits per heavy atom. The molecule has 2 aromatic carbocycles. The Hall–Kier alpha value is -2.00. The van der Waals surface area contributed by atoms with Crippen molar-refractivity contribution < 1.29 is 9.47 Å². The summed E-state index contributed by atoms with van der Waals surface area (Å²) in [6.07, 6.45) is 0. The number of methoxy groups -OCH3 is 1. The molecule has 2 aromatic rings. The van der Waals surface area contributed by atoms with Crippen LogP contribution in [-0.2, 0) is 0 Å². The Morgan fingerprint density at radius 3 is 2.16 bits per heavy atom. The molecule has 0 aromatic heterocycles. The van der Waals surface area contributed by atoms with E-state index in [0.717, 1.165) is 11.5 Å². The van der Waals surface area contributed by atoms with Crippen LogP contribution in [0, 0.1) is 0 Å². The molecule has 2 rings (SSSR count). The van der Waals surface area contributed by atoms with Crippen LogP contribution in [0.5, 0.6) is 11.5 Å². The normalized spacial score (nSPS) is 11.9. The van der Waals surface area contributed by atoms with E-state index in [1.165, 1.54) is 5.56 Å². The lowest BCUT2D eigenvalue weighted by Crippen LogP contribution is -2.23. The average Bonchev–Trinajstić information content (AvgIpc) is 2.49. The minimum atomic E-state index is 0.184. The number of hydrogen-bond acceptors (Lipinski definition) is 3. The zero-order valence-corrected chi connectivity index (χ0v) is 11.3. The minimum Gasteiger partial charge on any atom is -0.497 e. The number of likely N-dealkylation sites (N-methyl/N-ethyl adjacent to an activating group) is 1. The Kier molecular flexibility index (Phi) is 4.81. The monoisotopic (exact) mass is 257 g/mol. The van der Waals surface area contributed by atoms with Crippen LogP contribution in [0.2, 0.25) is 0 Å². The van der Waals surface area contributed by atoms with Crippen molar-refractivity contribution in [2.75, 3.05) is 20.8 Å². The first kappa shape index (κ1) is 13.4. The van der Waals surface area contributed by atoms with Crippen molar-refractivity contribution in [1.29, 1.82) is 0 Å². The Bertz CT molecular complexity index is 482. The summed E-state index contributed by atoms with van der Waals surface area (Å²) in [5.74, 6) is 1.68. The zero-order chi connectivity index (χ0) is 13.5. The number of ether oxygens (including phenoxy) is 2. The summed E-state index contributed by atoms with van der Waals surface area (Å²) in [5.41, 5.74) is 1.22. The predicted octanol–water partition coefficient (Wildman–Crippen LogP) is 3.03. The van der Waals surface area contributed by atoms with Crippen LogP contribution in [0.25, 0.3) is 0 Å². The van der Waals surface area contributed by atoms with E-state index in [4.69, 9.17) is 9.47 Å². The van der Waals surface area contributed by atoms with E-state index >= 15 is 0 Å². The van der Waals surface area contributed by atoms with Crippen LogP contribution in [0.3, 0.4) is 0 Å². The quantitative estimate of drug-likeness (QED) is 0.862. The molecule has 0 bridgehead atoms. The molecular formula is C16H19NO2. The summed E-state index contributed by atoms with van der Waals surface area (Å²) in [4.78, 5) is 0. The van der Waals surface area contributed by atoms with Gasteiger partial charge in [-0.15, -0.1) is 0 Å². The van der Waals surface area contributed by atoms with Gasteiger partial charge in [-0.05, 0) is 36.9 Å². The number of hydrogen-bond donors (Lipinski definition) is 1. The van der Waals surface area contributed by atoms with E-state index in [1.807, 2.05) is 49.5 Å². The number of benzene rings is 2. The maximum Gasteiger partial charge on any atom is 0.119 e. The van der Waals surface area contributed by atoms with Gasteiger partial charge in [0.05, 0.1) is 13.2 Å². The SMILES string of the molecule is CNC(COc1ccc(OC)cc1)c1ccccc1. The van der Waals surface area contributed by atoms with Gasteiger partial charge >= 0.3 is 0 Å². The molecule has 1 N–H and O–H groups in total. The van der Waals surface area contributed by atoms with Crippen molar-refractivity contribution in [1.82, 2.24) is 5.32 Å². The molecule has 0 amide bonds. The first-order valence-electron chi connectivity index (χ1n) is 6.32. The molecule has 0 saturated carbocycles. The van der Waals surface area contributed by atoms with E-state index in [2.05, 4.69) is 17.4 Å². The minimum absolute atomic E-state index is 0.184. The van der Waals surface area contributed by atoms with Gasteiger partial charge in [-0.3, -0.25) is 0 Å². The van der Waals surface area contributed by atoms with Gasteiger partial charge in [-0.2, -0.15) is 0 Å². The Labute approximate surface area is 114 Å². The largest absolute Gasteiger partial charge is 0.497 e. The van der Waals surface area contributed by atoms with Gasteiger partial charge in [0.15, 0.2) is 0 Å². The summed E-state index contributed by atoms with van der Waals surface area (Å²) < 4.78 is 10.9. The molecule has 0 saturated heterocycles. The highest BCUT2D eigenvalue weighted by atomic mass is 16.5. The van der Waals surface area contributed by atoms with Crippen LogP contribution in [-0.4, -0.2) is 20.8 Å². The molecule has 0 aliphatic rings. The lowest BCUT2D eigenvalue weighted by Gasteiger charge is -2.17. The highest BCUT2D eigenvalue weighted by Crippen LogP contribution is 2.19. The van der Waals surface area contributed by atoms with Crippen LogP contribution >= 0.6 is 0 Å². The van der Waals surface area contributed by atoms with Crippen LogP contribution < -0.4 is 14.8 Å². The van der Waals surface area contributed by atoms with Crippen LogP contribution in [0.4, 0.5) is 0 Å². The lowest BCUT2D eigenvalue weighted by atomic mass is 10.1. The zero-order valence-electron chi connectivity index (χ0n) is 11.3. The van der Waals surface area contributed by atoms with Gasteiger partial charge < -0.3 is 14.8 Å². The van der Waals surface area contributed by atoms with Gasteiger partial charge in [0, 0.05) is 0 Å². The van der Waals surface area contributed by atoms with E-state index in [0.29, 0.717) is 6.61 Å². The molecule has 1 atom stereocenters. The highest BCUT2D eigenvalue weighted by Gasteiger charge is 2.09. The molecule has 3 heteroatoms. The molecule has 0 fully saturated rings. The van der Waals surface area contributed by atoms with Crippen molar-refractivity contribution in [2.45, 2.75) is 6.04 Å². The second kappa shape index (κ2) is 6.81. The molecule has 100 valence electrons. The van der Waals surface area contributed by atoms with Crippen molar-refractivity contribution in [2.24, 2.45) is 0 Å². The van der Waals surface area contributed by atoms with Gasteiger partial charge in [0.25, 0.3) is 0 Å². The molecule has 0 aliphatic heterocycles. The molecule has 1 unspecified atom stereocenters. The van der Waals surface area contributed by atoms with Gasteiger partial charge in [-0.25, -0.2) is 0 Å². The Morgan fingerprint density at radius 2 is 1.58 bits per heavy atom. The molecule has 19 heavy (non-hydrogen) atoms. The first-order valence-corrected chi connectivity index (χ1v) is 6.32. The molecule has 0 aliphatic carbocycles. The van der Waals surface area contributed by atoms with Crippen molar-refractivity contribution in [3.63, 3.8) is 0 Å². The van der Waals surface area contributed by atoms with E-state index in [1.54, 1.807) is 7.11 Å². The van der Waals surface area contributed by atoms with Crippen LogP contribution in [0.15, 0.2) is 54.6 Å². The van der Waals surface area contributed by atoms with Gasteiger partial charge in [0.2, 0.25) is 0 Å². The average molecular weight is 257 g/mol. The summed E-state index contributed by atoms with van der Waals surface area (Å²) in [6, 6.07) is 18.1. The number of nitrogens with one attached hydrogen (secondary N) is 1. The third-order valence-corrected chi connectivity index (χ3v) is 3.03. The summed E-state index contributed by atoms with van der Waals surface area (Å²) in [5, 5.41) is 3.26. The van der Waals surface area contributed by atoms with E-state index < -0.39 is 0 Å². The number of rotatable bonds is 6. The second-order valence-corrected chi connectivity index (χ2v) is 4.24. The maximum atomic E-state index is 5.79. The topological polar surface area (TPSA) is 30.5 Å². The van der Waals surface area contributed by atoms with Gasteiger partial charge in [0.1, 0.15) is 18.1 Å². The third-order valence-electron chi connectivity index (χ3n) is 3.03. The van der Waals surface area contributed by atoms with Crippen molar-refractivity contribution >= 4 is 0 Å². The fourth-order valence-corrected chi connectivity index (χ4v) is 1.88.